The maximum atomic E-state index is 13.2. The number of aromatic nitrogens is 1. The highest BCUT2D eigenvalue weighted by atomic mass is 16.2. The summed E-state index contributed by atoms with van der Waals surface area (Å²) in [6, 6.07) is 10.8. The summed E-state index contributed by atoms with van der Waals surface area (Å²) in [5.74, 6) is 0.856. The van der Waals surface area contributed by atoms with Gasteiger partial charge in [0.2, 0.25) is 5.91 Å². The number of hydrogen-bond donors (Lipinski definition) is 2. The van der Waals surface area contributed by atoms with Gasteiger partial charge in [0.05, 0.1) is 6.04 Å². The lowest BCUT2D eigenvalue weighted by Gasteiger charge is -2.38. The van der Waals surface area contributed by atoms with Gasteiger partial charge in [-0.15, -0.1) is 0 Å². The molecule has 0 radical (unpaired) electrons. The van der Waals surface area contributed by atoms with Crippen molar-refractivity contribution in [1.82, 2.24) is 9.88 Å². The number of likely N-dealkylation sites (tertiary alicyclic amines) is 1. The number of carbonyl (C=O) groups is 1. The molecular weight excluding hydrogens is 298 g/mol. The number of aromatic amines is 1. The Kier molecular flexibility index (Phi) is 4.31. The second-order valence-corrected chi connectivity index (χ2v) is 7.39. The Bertz CT molecular complexity index is 689. The topological polar surface area (TPSA) is 62.1 Å². The van der Waals surface area contributed by atoms with Crippen LogP contribution in [-0.4, -0.2) is 28.9 Å². The molecule has 4 nitrogen and oxygen atoms in total. The zero-order valence-electron chi connectivity index (χ0n) is 14.2. The number of fused-ring (bicyclic) bond motifs is 1. The Morgan fingerprint density at radius 1 is 1.17 bits per heavy atom. The molecule has 3 atom stereocenters. The van der Waals surface area contributed by atoms with Crippen molar-refractivity contribution in [3.05, 3.63) is 36.0 Å². The lowest BCUT2D eigenvalue weighted by atomic mass is 9.91. The number of para-hydroxylation sites is 1. The molecular formula is C20H27N3O. The summed E-state index contributed by atoms with van der Waals surface area (Å²) in [5.41, 5.74) is 8.26. The molecule has 2 aromatic rings. The Balaban J connectivity index is 1.61. The minimum Gasteiger partial charge on any atom is -0.357 e. The third-order valence-corrected chi connectivity index (χ3v) is 5.97. The van der Waals surface area contributed by atoms with E-state index in [1.54, 1.807) is 0 Å². The number of amides is 1. The van der Waals surface area contributed by atoms with Crippen LogP contribution in [0.2, 0.25) is 0 Å². The second-order valence-electron chi connectivity index (χ2n) is 7.39. The van der Waals surface area contributed by atoms with Crippen molar-refractivity contribution in [3.63, 3.8) is 0 Å². The van der Waals surface area contributed by atoms with Gasteiger partial charge in [-0.25, -0.2) is 0 Å². The van der Waals surface area contributed by atoms with Crippen LogP contribution in [0, 0.1) is 11.8 Å². The summed E-state index contributed by atoms with van der Waals surface area (Å²) in [5, 5.41) is 1.23. The maximum absolute atomic E-state index is 13.2. The normalized spacial score (nSPS) is 27.7. The number of H-pyrrole nitrogens is 1. The molecule has 0 spiro atoms. The van der Waals surface area contributed by atoms with E-state index < -0.39 is 0 Å². The van der Waals surface area contributed by atoms with Crippen molar-refractivity contribution in [2.24, 2.45) is 17.6 Å². The fourth-order valence-electron chi connectivity index (χ4n) is 4.65. The zero-order chi connectivity index (χ0) is 16.5. The summed E-state index contributed by atoms with van der Waals surface area (Å²) in [6.07, 6.45) is 6.62. The summed E-state index contributed by atoms with van der Waals surface area (Å²) in [7, 11) is 0. The molecule has 1 aliphatic carbocycles. The number of nitrogens with zero attached hydrogens (tertiary/aromatic N) is 1. The van der Waals surface area contributed by atoms with E-state index in [0.29, 0.717) is 18.4 Å². The summed E-state index contributed by atoms with van der Waals surface area (Å²) < 4.78 is 0. The Morgan fingerprint density at radius 2 is 2.04 bits per heavy atom. The first-order valence-electron chi connectivity index (χ1n) is 9.36. The maximum Gasteiger partial charge on any atom is 0.226 e. The molecule has 1 aliphatic heterocycles. The molecule has 0 bridgehead atoms. The van der Waals surface area contributed by atoms with Crippen LogP contribution in [-0.2, 0) is 4.79 Å². The summed E-state index contributed by atoms with van der Waals surface area (Å²) in [4.78, 5) is 18.9. The molecule has 3 N–H and O–H groups in total. The van der Waals surface area contributed by atoms with E-state index in [1.807, 2.05) is 0 Å². The quantitative estimate of drug-likeness (QED) is 0.906. The van der Waals surface area contributed by atoms with Crippen molar-refractivity contribution in [3.8, 4) is 0 Å². The first kappa shape index (κ1) is 15.7. The zero-order valence-corrected chi connectivity index (χ0v) is 14.2. The third-order valence-electron chi connectivity index (χ3n) is 5.97. The van der Waals surface area contributed by atoms with Crippen molar-refractivity contribution < 1.29 is 4.79 Å². The predicted molar refractivity (Wildman–Crippen MR) is 96.5 cm³/mol. The SMILES string of the molecule is NC[C@H]1CCC[C@H]1C(=O)N1CCCCC1c1cc2ccccc2[nH]1. The molecule has 1 unspecified atom stereocenters. The van der Waals surface area contributed by atoms with Gasteiger partial charge in [0.1, 0.15) is 0 Å². The highest BCUT2D eigenvalue weighted by molar-refractivity contribution is 5.82. The third kappa shape index (κ3) is 2.73. The molecule has 4 heteroatoms. The predicted octanol–water partition coefficient (Wildman–Crippen LogP) is 3.60. The van der Waals surface area contributed by atoms with Gasteiger partial charge in [0, 0.05) is 23.7 Å². The van der Waals surface area contributed by atoms with Gasteiger partial charge >= 0.3 is 0 Å². The Morgan fingerprint density at radius 3 is 2.88 bits per heavy atom. The Labute approximate surface area is 143 Å². The fourth-order valence-corrected chi connectivity index (χ4v) is 4.65. The number of benzene rings is 1. The van der Waals surface area contributed by atoms with Crippen LogP contribution in [0.15, 0.2) is 30.3 Å². The number of hydrogen-bond acceptors (Lipinski definition) is 2. The van der Waals surface area contributed by atoms with E-state index in [-0.39, 0.29) is 12.0 Å². The monoisotopic (exact) mass is 325 g/mol. The minimum absolute atomic E-state index is 0.139. The van der Waals surface area contributed by atoms with Gasteiger partial charge in [-0.05, 0) is 62.1 Å². The molecule has 1 saturated carbocycles. The van der Waals surface area contributed by atoms with Gasteiger partial charge in [0.25, 0.3) is 0 Å². The van der Waals surface area contributed by atoms with Crippen molar-refractivity contribution in [2.45, 2.75) is 44.6 Å². The number of nitrogens with one attached hydrogen (secondary N) is 1. The lowest BCUT2D eigenvalue weighted by Crippen LogP contribution is -2.43. The van der Waals surface area contributed by atoms with E-state index in [4.69, 9.17) is 5.73 Å². The highest BCUT2D eigenvalue weighted by Gasteiger charge is 2.38. The van der Waals surface area contributed by atoms with E-state index in [9.17, 15) is 4.79 Å². The first-order chi connectivity index (χ1) is 11.8. The standard InChI is InChI=1S/C20H27N3O/c21-13-15-7-5-8-16(15)20(24)23-11-4-3-10-19(23)18-12-14-6-1-2-9-17(14)22-18/h1-2,6,9,12,15-16,19,22H,3-5,7-8,10-11,13,21H2/t15-,16-,19?/m1/s1. The molecule has 1 amide bonds. The number of rotatable bonds is 3. The van der Waals surface area contributed by atoms with E-state index in [1.165, 1.54) is 17.5 Å². The number of carbonyl (C=O) groups excluding carboxylic acids is 1. The van der Waals surface area contributed by atoms with Crippen LogP contribution in [0.1, 0.15) is 50.3 Å². The molecule has 128 valence electrons. The number of piperidine rings is 1. The highest BCUT2D eigenvalue weighted by Crippen LogP contribution is 2.38. The average Bonchev–Trinajstić information content (AvgIpc) is 3.27. The molecule has 1 aromatic heterocycles. The van der Waals surface area contributed by atoms with Crippen LogP contribution < -0.4 is 5.73 Å². The van der Waals surface area contributed by atoms with Gasteiger partial charge in [-0.3, -0.25) is 4.79 Å². The van der Waals surface area contributed by atoms with Gasteiger partial charge in [0.15, 0.2) is 0 Å². The fraction of sp³-hybridized carbons (Fsp3) is 0.550. The largest absolute Gasteiger partial charge is 0.357 e. The molecule has 24 heavy (non-hydrogen) atoms. The van der Waals surface area contributed by atoms with Crippen LogP contribution in [0.3, 0.4) is 0 Å². The minimum atomic E-state index is 0.139. The molecule has 1 saturated heterocycles. The average molecular weight is 325 g/mol. The first-order valence-corrected chi connectivity index (χ1v) is 9.36. The van der Waals surface area contributed by atoms with E-state index in [2.05, 4.69) is 40.2 Å². The summed E-state index contributed by atoms with van der Waals surface area (Å²) >= 11 is 0. The van der Waals surface area contributed by atoms with E-state index in [0.717, 1.165) is 44.2 Å². The van der Waals surface area contributed by atoms with Crippen molar-refractivity contribution in [1.29, 1.82) is 0 Å². The van der Waals surface area contributed by atoms with Gasteiger partial charge in [-0.1, -0.05) is 24.6 Å². The van der Waals surface area contributed by atoms with Crippen molar-refractivity contribution in [2.75, 3.05) is 13.1 Å². The Hall–Kier alpha value is -1.81. The van der Waals surface area contributed by atoms with E-state index >= 15 is 0 Å². The van der Waals surface area contributed by atoms with Crippen LogP contribution in [0.4, 0.5) is 0 Å². The van der Waals surface area contributed by atoms with Crippen LogP contribution in [0.5, 0.6) is 0 Å². The molecule has 1 aromatic carbocycles. The molecule has 2 aliphatic rings. The molecule has 2 fully saturated rings. The molecule has 2 heterocycles. The summed E-state index contributed by atoms with van der Waals surface area (Å²) in [6.45, 7) is 1.52. The van der Waals surface area contributed by atoms with Crippen LogP contribution >= 0.6 is 0 Å². The van der Waals surface area contributed by atoms with Crippen molar-refractivity contribution >= 4 is 16.8 Å². The number of nitrogens with two attached hydrogens (primary N) is 1. The van der Waals surface area contributed by atoms with Gasteiger partial charge < -0.3 is 15.6 Å². The van der Waals surface area contributed by atoms with Gasteiger partial charge in [-0.2, -0.15) is 0 Å². The smallest absolute Gasteiger partial charge is 0.226 e. The van der Waals surface area contributed by atoms with Crippen LogP contribution in [0.25, 0.3) is 10.9 Å². The second kappa shape index (κ2) is 6.60. The molecule has 4 rings (SSSR count). The lowest BCUT2D eigenvalue weighted by molar-refractivity contribution is -0.140.